The van der Waals surface area contributed by atoms with Crippen LogP contribution >= 0.6 is 24.0 Å². The molecule has 0 aromatic heterocycles. The minimum atomic E-state index is -4.36. The molecule has 0 saturated carbocycles. The van der Waals surface area contributed by atoms with E-state index in [1.165, 1.54) is 12.1 Å². The van der Waals surface area contributed by atoms with Crippen LogP contribution in [0.15, 0.2) is 30.3 Å². The van der Waals surface area contributed by atoms with Gasteiger partial charge in [-0.05, 0) is 11.8 Å². The van der Waals surface area contributed by atoms with Crippen LogP contribution in [-0.4, -0.2) is 16.8 Å². The first-order valence-electron chi connectivity index (χ1n) is 4.41. The number of rotatable bonds is 2. The van der Waals surface area contributed by atoms with Crippen LogP contribution in [-0.2, 0) is 0 Å². The maximum atomic E-state index is 12.8. The standard InChI is InChI=1S/C10H10F3NS2/c1-16-9(15)14-8(10(11,12)13)7-5-3-2-4-6-7/h2-6,8H,1H3,(H,14,15). The Labute approximate surface area is 101 Å². The lowest BCUT2D eigenvalue weighted by Gasteiger charge is -2.22. The number of halogens is 3. The molecular formula is C10H10F3NS2. The predicted molar refractivity (Wildman–Crippen MR) is 64.5 cm³/mol. The van der Waals surface area contributed by atoms with E-state index in [1.807, 2.05) is 0 Å². The lowest BCUT2D eigenvalue weighted by Crippen LogP contribution is -2.36. The molecule has 1 nitrogen and oxygen atoms in total. The number of nitrogens with one attached hydrogen (secondary N) is 1. The molecule has 0 aliphatic heterocycles. The van der Waals surface area contributed by atoms with E-state index < -0.39 is 12.2 Å². The molecule has 0 amide bonds. The highest BCUT2D eigenvalue weighted by Gasteiger charge is 2.41. The number of hydrogen-bond donors (Lipinski definition) is 1. The quantitative estimate of drug-likeness (QED) is 0.822. The van der Waals surface area contributed by atoms with Gasteiger partial charge in [-0.2, -0.15) is 13.2 Å². The Morgan fingerprint density at radius 2 is 1.88 bits per heavy atom. The summed E-state index contributed by atoms with van der Waals surface area (Å²) in [4.78, 5) is 0. The summed E-state index contributed by atoms with van der Waals surface area (Å²) in [6, 6.07) is 5.91. The predicted octanol–water partition coefficient (Wildman–Crippen LogP) is 3.53. The number of benzene rings is 1. The average Bonchev–Trinajstić information content (AvgIpc) is 2.25. The Kier molecular flexibility index (Phi) is 4.61. The molecule has 0 aliphatic carbocycles. The van der Waals surface area contributed by atoms with Gasteiger partial charge in [0.25, 0.3) is 0 Å². The van der Waals surface area contributed by atoms with Crippen molar-refractivity contribution in [3.8, 4) is 0 Å². The molecule has 1 unspecified atom stereocenters. The van der Waals surface area contributed by atoms with Gasteiger partial charge in [-0.25, -0.2) is 0 Å². The molecule has 1 atom stereocenters. The first-order valence-corrected chi connectivity index (χ1v) is 6.04. The van der Waals surface area contributed by atoms with Crippen LogP contribution in [0.1, 0.15) is 11.6 Å². The number of thioether (sulfide) groups is 1. The Morgan fingerprint density at radius 1 is 1.31 bits per heavy atom. The highest BCUT2D eigenvalue weighted by Crippen LogP contribution is 2.32. The molecule has 0 bridgehead atoms. The van der Waals surface area contributed by atoms with Crippen molar-refractivity contribution in [3.05, 3.63) is 35.9 Å². The zero-order valence-electron chi connectivity index (χ0n) is 8.41. The van der Waals surface area contributed by atoms with E-state index in [0.717, 1.165) is 11.8 Å². The van der Waals surface area contributed by atoms with Gasteiger partial charge in [-0.15, -0.1) is 11.8 Å². The van der Waals surface area contributed by atoms with Crippen molar-refractivity contribution >= 4 is 28.3 Å². The first-order chi connectivity index (χ1) is 7.45. The molecule has 0 radical (unpaired) electrons. The smallest absolute Gasteiger partial charge is 0.356 e. The largest absolute Gasteiger partial charge is 0.412 e. The van der Waals surface area contributed by atoms with Gasteiger partial charge in [-0.1, -0.05) is 42.5 Å². The monoisotopic (exact) mass is 265 g/mol. The van der Waals surface area contributed by atoms with Crippen LogP contribution in [0.5, 0.6) is 0 Å². The van der Waals surface area contributed by atoms with Gasteiger partial charge < -0.3 is 5.32 Å². The fourth-order valence-electron chi connectivity index (χ4n) is 1.18. The van der Waals surface area contributed by atoms with Crippen LogP contribution in [0, 0.1) is 0 Å². The van der Waals surface area contributed by atoms with Gasteiger partial charge in [0.1, 0.15) is 10.4 Å². The second-order valence-electron chi connectivity index (χ2n) is 3.02. The second kappa shape index (κ2) is 5.54. The van der Waals surface area contributed by atoms with E-state index in [2.05, 4.69) is 5.32 Å². The SMILES string of the molecule is CSC(=S)NC(c1ccccc1)C(F)(F)F. The average molecular weight is 265 g/mol. The zero-order valence-corrected chi connectivity index (χ0v) is 10.0. The second-order valence-corrected chi connectivity index (χ2v) is 4.50. The van der Waals surface area contributed by atoms with Crippen molar-refractivity contribution in [2.75, 3.05) is 6.26 Å². The Bertz CT molecular complexity index is 351. The highest BCUT2D eigenvalue weighted by atomic mass is 32.2. The Balaban J connectivity index is 2.93. The van der Waals surface area contributed by atoms with Crippen LogP contribution in [0.3, 0.4) is 0 Å². The molecule has 0 heterocycles. The fraction of sp³-hybridized carbons (Fsp3) is 0.300. The maximum absolute atomic E-state index is 12.8. The summed E-state index contributed by atoms with van der Waals surface area (Å²) in [5.41, 5.74) is 0.159. The highest BCUT2D eigenvalue weighted by molar-refractivity contribution is 8.22. The third-order valence-corrected chi connectivity index (χ3v) is 3.01. The minimum absolute atomic E-state index is 0.131. The van der Waals surface area contributed by atoms with Crippen molar-refractivity contribution in [2.45, 2.75) is 12.2 Å². The summed E-state index contributed by atoms with van der Waals surface area (Å²) in [6.07, 6.45) is -2.73. The molecule has 1 aromatic rings. The topological polar surface area (TPSA) is 12.0 Å². The van der Waals surface area contributed by atoms with Crippen molar-refractivity contribution in [3.63, 3.8) is 0 Å². The van der Waals surface area contributed by atoms with Gasteiger partial charge in [0.2, 0.25) is 0 Å². The molecule has 6 heteroatoms. The minimum Gasteiger partial charge on any atom is -0.356 e. The molecule has 0 spiro atoms. The molecular weight excluding hydrogens is 255 g/mol. The molecule has 1 N–H and O–H groups in total. The molecule has 1 rings (SSSR count). The van der Waals surface area contributed by atoms with Crippen molar-refractivity contribution in [1.29, 1.82) is 0 Å². The van der Waals surface area contributed by atoms with E-state index in [1.54, 1.807) is 24.5 Å². The van der Waals surface area contributed by atoms with Crippen LogP contribution in [0.2, 0.25) is 0 Å². The third kappa shape index (κ3) is 3.68. The third-order valence-electron chi connectivity index (χ3n) is 1.91. The summed E-state index contributed by atoms with van der Waals surface area (Å²) in [5, 5.41) is 2.29. The number of thiocarbonyl (C=S) groups is 1. The zero-order chi connectivity index (χ0) is 12.2. The molecule has 1 aromatic carbocycles. The van der Waals surface area contributed by atoms with E-state index in [9.17, 15) is 13.2 Å². The maximum Gasteiger partial charge on any atom is 0.412 e. The van der Waals surface area contributed by atoms with Crippen molar-refractivity contribution in [2.24, 2.45) is 0 Å². The van der Waals surface area contributed by atoms with Crippen LogP contribution in [0.25, 0.3) is 0 Å². The summed E-state index contributed by atoms with van der Waals surface area (Å²) in [7, 11) is 0. The lowest BCUT2D eigenvalue weighted by atomic mass is 10.1. The Morgan fingerprint density at radius 3 is 2.31 bits per heavy atom. The van der Waals surface area contributed by atoms with Gasteiger partial charge in [0.15, 0.2) is 0 Å². The van der Waals surface area contributed by atoms with Gasteiger partial charge in [0.05, 0.1) is 0 Å². The van der Waals surface area contributed by atoms with Crippen molar-refractivity contribution in [1.82, 2.24) is 5.32 Å². The van der Waals surface area contributed by atoms with E-state index in [4.69, 9.17) is 12.2 Å². The van der Waals surface area contributed by atoms with Crippen molar-refractivity contribution < 1.29 is 13.2 Å². The molecule has 0 aliphatic rings. The van der Waals surface area contributed by atoms with Gasteiger partial charge in [-0.3, -0.25) is 0 Å². The summed E-state index contributed by atoms with van der Waals surface area (Å²) < 4.78 is 38.4. The summed E-state index contributed by atoms with van der Waals surface area (Å²) in [5.74, 6) is 0. The fourth-order valence-corrected chi connectivity index (χ4v) is 1.53. The normalized spacial score (nSPS) is 13.2. The van der Waals surface area contributed by atoms with E-state index in [-0.39, 0.29) is 9.88 Å². The molecule has 0 fully saturated rings. The molecule has 88 valence electrons. The lowest BCUT2D eigenvalue weighted by molar-refractivity contribution is -0.153. The van der Waals surface area contributed by atoms with Crippen LogP contribution < -0.4 is 5.32 Å². The van der Waals surface area contributed by atoms with E-state index in [0.29, 0.717) is 0 Å². The molecule has 0 saturated heterocycles. The number of hydrogen-bond acceptors (Lipinski definition) is 2. The van der Waals surface area contributed by atoms with Crippen LogP contribution in [0.4, 0.5) is 13.2 Å². The number of alkyl halides is 3. The van der Waals surface area contributed by atoms with E-state index >= 15 is 0 Å². The summed E-state index contributed by atoms with van der Waals surface area (Å²) >= 11 is 5.84. The first kappa shape index (κ1) is 13.3. The summed E-state index contributed by atoms with van der Waals surface area (Å²) in [6.45, 7) is 0. The molecule has 16 heavy (non-hydrogen) atoms. The van der Waals surface area contributed by atoms with Gasteiger partial charge in [0, 0.05) is 0 Å². The Hall–Kier alpha value is -0.750. The van der Waals surface area contributed by atoms with Gasteiger partial charge >= 0.3 is 6.18 Å².